The molecule has 0 saturated heterocycles. The fraction of sp³-hybridized carbons (Fsp3) is 0.458. The van der Waals surface area contributed by atoms with Crippen LogP contribution in [0.3, 0.4) is 0 Å². The van der Waals surface area contributed by atoms with Crippen LogP contribution in [0.15, 0.2) is 48.5 Å². The lowest BCUT2D eigenvalue weighted by molar-refractivity contribution is -0.129. The van der Waals surface area contributed by atoms with Crippen LogP contribution >= 0.6 is 0 Å². The summed E-state index contributed by atoms with van der Waals surface area (Å²) in [7, 11) is 0. The highest BCUT2D eigenvalue weighted by Gasteiger charge is 2.39. The van der Waals surface area contributed by atoms with Gasteiger partial charge in [-0.1, -0.05) is 57.2 Å². The summed E-state index contributed by atoms with van der Waals surface area (Å²) in [5.74, 6) is 1.55. The fourth-order valence-electron chi connectivity index (χ4n) is 3.86. The summed E-state index contributed by atoms with van der Waals surface area (Å²) in [6.45, 7) is 8.26. The predicted octanol–water partition coefficient (Wildman–Crippen LogP) is 5.35. The van der Waals surface area contributed by atoms with Gasteiger partial charge in [0, 0.05) is 12.0 Å². The number of fused-ring (bicyclic) bond motifs is 1. The number of para-hydroxylation sites is 2. The number of ether oxygens (including phenoxy) is 2. The summed E-state index contributed by atoms with van der Waals surface area (Å²) >= 11 is 0. The third-order valence-electron chi connectivity index (χ3n) is 5.83. The van der Waals surface area contributed by atoms with Crippen LogP contribution in [-0.2, 0) is 4.79 Å². The fourth-order valence-corrected chi connectivity index (χ4v) is 3.86. The van der Waals surface area contributed by atoms with Gasteiger partial charge in [0.2, 0.25) is 0 Å². The van der Waals surface area contributed by atoms with Crippen LogP contribution in [0.5, 0.6) is 11.5 Å². The Labute approximate surface area is 168 Å². The molecule has 2 aromatic carbocycles. The van der Waals surface area contributed by atoms with Gasteiger partial charge in [-0.05, 0) is 43.9 Å². The van der Waals surface area contributed by atoms with Crippen molar-refractivity contribution in [2.24, 2.45) is 0 Å². The summed E-state index contributed by atoms with van der Waals surface area (Å²) in [5, 5.41) is 3.25. The van der Waals surface area contributed by atoms with E-state index in [4.69, 9.17) is 9.47 Å². The summed E-state index contributed by atoms with van der Waals surface area (Å²) < 4.78 is 12.4. The monoisotopic (exact) mass is 381 g/mol. The Morgan fingerprint density at radius 3 is 2.50 bits per heavy atom. The quantitative estimate of drug-likeness (QED) is 0.703. The summed E-state index contributed by atoms with van der Waals surface area (Å²) in [6.07, 6.45) is 2.66. The molecule has 0 saturated carbocycles. The van der Waals surface area contributed by atoms with Gasteiger partial charge in [0.25, 0.3) is 5.91 Å². The zero-order valence-electron chi connectivity index (χ0n) is 17.3. The van der Waals surface area contributed by atoms with Crippen LogP contribution in [0, 0.1) is 6.92 Å². The molecular weight excluding hydrogens is 350 g/mol. The lowest BCUT2D eigenvalue weighted by atomic mass is 9.83. The highest BCUT2D eigenvalue weighted by Crippen LogP contribution is 2.42. The molecule has 1 N–H and O–H groups in total. The smallest absolute Gasteiger partial charge is 0.261 e. The van der Waals surface area contributed by atoms with Gasteiger partial charge in [-0.2, -0.15) is 0 Å². The van der Waals surface area contributed by atoms with Crippen molar-refractivity contribution < 1.29 is 14.3 Å². The van der Waals surface area contributed by atoms with Crippen molar-refractivity contribution >= 4 is 5.91 Å². The van der Waals surface area contributed by atoms with Crippen LogP contribution in [0.4, 0.5) is 0 Å². The number of carbonyl (C=O) groups excluding carboxylic acids is 1. The van der Waals surface area contributed by atoms with E-state index in [-0.39, 0.29) is 17.6 Å². The Balaban J connectivity index is 1.80. The Kier molecular flexibility index (Phi) is 6.28. The van der Waals surface area contributed by atoms with E-state index < -0.39 is 6.10 Å². The molecule has 3 rings (SSSR count). The Hall–Kier alpha value is -2.49. The van der Waals surface area contributed by atoms with Crippen LogP contribution in [0.25, 0.3) is 0 Å². The first-order valence-corrected chi connectivity index (χ1v) is 10.3. The van der Waals surface area contributed by atoms with Crippen molar-refractivity contribution in [1.29, 1.82) is 0 Å². The molecule has 0 spiro atoms. The third-order valence-corrected chi connectivity index (χ3v) is 5.83. The Morgan fingerprint density at radius 2 is 1.82 bits per heavy atom. The van der Waals surface area contributed by atoms with Crippen molar-refractivity contribution in [3.8, 4) is 11.5 Å². The van der Waals surface area contributed by atoms with Crippen molar-refractivity contribution in [1.82, 2.24) is 5.32 Å². The number of amides is 1. The van der Waals surface area contributed by atoms with Crippen molar-refractivity contribution in [2.45, 2.75) is 71.1 Å². The molecule has 4 heteroatoms. The van der Waals surface area contributed by atoms with Gasteiger partial charge in [-0.15, -0.1) is 0 Å². The second kappa shape index (κ2) is 8.68. The minimum absolute atomic E-state index is 0.0754. The standard InChI is InChI=1S/C24H31NO3/c1-5-20(27-21-14-10-8-12-17(21)4)23(26)25-19-16-24(6-2,7-3)28-22-15-11-9-13-18(19)22/h8-15,19-20H,5-7,16H2,1-4H3,(H,25,26)/t19-,20+/m0/s1. The predicted molar refractivity (Wildman–Crippen MR) is 112 cm³/mol. The number of nitrogens with one attached hydrogen (secondary N) is 1. The average molecular weight is 382 g/mol. The molecule has 0 radical (unpaired) electrons. The second-order valence-corrected chi connectivity index (χ2v) is 7.58. The molecule has 0 unspecified atom stereocenters. The lowest BCUT2D eigenvalue weighted by Crippen LogP contribution is -2.47. The second-order valence-electron chi connectivity index (χ2n) is 7.58. The first-order chi connectivity index (χ1) is 13.5. The zero-order chi connectivity index (χ0) is 20.1. The molecule has 1 aliphatic rings. The molecule has 2 atom stereocenters. The van der Waals surface area contributed by atoms with Gasteiger partial charge < -0.3 is 14.8 Å². The van der Waals surface area contributed by atoms with E-state index in [1.54, 1.807) is 0 Å². The van der Waals surface area contributed by atoms with Crippen molar-refractivity contribution in [3.63, 3.8) is 0 Å². The van der Waals surface area contributed by atoms with E-state index in [2.05, 4.69) is 19.2 Å². The van der Waals surface area contributed by atoms with E-state index in [1.165, 1.54) is 0 Å². The van der Waals surface area contributed by atoms with Gasteiger partial charge in [0.05, 0.1) is 6.04 Å². The minimum atomic E-state index is -0.520. The van der Waals surface area contributed by atoms with Gasteiger partial charge in [0.15, 0.2) is 6.10 Å². The zero-order valence-corrected chi connectivity index (χ0v) is 17.3. The van der Waals surface area contributed by atoms with E-state index in [1.807, 2.05) is 62.4 Å². The molecule has 2 aromatic rings. The Bertz CT molecular complexity index is 813. The van der Waals surface area contributed by atoms with Gasteiger partial charge >= 0.3 is 0 Å². The van der Waals surface area contributed by atoms with Crippen LogP contribution in [0.1, 0.15) is 63.6 Å². The van der Waals surface area contributed by atoms with Crippen LogP contribution in [-0.4, -0.2) is 17.6 Å². The van der Waals surface area contributed by atoms with Gasteiger partial charge in [-0.25, -0.2) is 0 Å². The normalized spacial score (nSPS) is 18.5. The molecule has 150 valence electrons. The number of hydrogen-bond donors (Lipinski definition) is 1. The van der Waals surface area contributed by atoms with Crippen LogP contribution < -0.4 is 14.8 Å². The van der Waals surface area contributed by atoms with Crippen molar-refractivity contribution in [2.75, 3.05) is 0 Å². The highest BCUT2D eigenvalue weighted by atomic mass is 16.5. The maximum absolute atomic E-state index is 13.1. The minimum Gasteiger partial charge on any atom is -0.487 e. The molecule has 0 bridgehead atoms. The number of hydrogen-bond acceptors (Lipinski definition) is 3. The maximum Gasteiger partial charge on any atom is 0.261 e. The molecule has 4 nitrogen and oxygen atoms in total. The number of carbonyl (C=O) groups is 1. The topological polar surface area (TPSA) is 47.6 Å². The first kappa shape index (κ1) is 20.2. The molecule has 1 amide bonds. The van der Waals surface area contributed by atoms with Gasteiger partial charge in [-0.3, -0.25) is 4.79 Å². The van der Waals surface area contributed by atoms with E-state index >= 15 is 0 Å². The third kappa shape index (κ3) is 4.16. The first-order valence-electron chi connectivity index (χ1n) is 10.3. The maximum atomic E-state index is 13.1. The number of rotatable bonds is 7. The number of aryl methyl sites for hydroxylation is 1. The molecule has 1 heterocycles. The molecule has 0 aromatic heterocycles. The Morgan fingerprint density at radius 1 is 1.14 bits per heavy atom. The van der Waals surface area contributed by atoms with E-state index in [9.17, 15) is 4.79 Å². The summed E-state index contributed by atoms with van der Waals surface area (Å²) in [5.41, 5.74) is 1.82. The van der Waals surface area contributed by atoms with Crippen LogP contribution in [0.2, 0.25) is 0 Å². The van der Waals surface area contributed by atoms with E-state index in [0.717, 1.165) is 41.9 Å². The lowest BCUT2D eigenvalue weighted by Gasteiger charge is -2.42. The molecular formula is C24H31NO3. The summed E-state index contributed by atoms with van der Waals surface area (Å²) in [6, 6.07) is 15.7. The molecule has 0 aliphatic carbocycles. The molecule has 28 heavy (non-hydrogen) atoms. The SMILES string of the molecule is CC[C@@H](Oc1ccccc1C)C(=O)N[C@H]1CC(CC)(CC)Oc2ccccc21. The van der Waals surface area contributed by atoms with Gasteiger partial charge in [0.1, 0.15) is 17.1 Å². The molecule has 0 fully saturated rings. The largest absolute Gasteiger partial charge is 0.487 e. The van der Waals surface area contributed by atoms with Crippen molar-refractivity contribution in [3.05, 3.63) is 59.7 Å². The highest BCUT2D eigenvalue weighted by molar-refractivity contribution is 5.81. The number of benzene rings is 2. The summed E-state index contributed by atoms with van der Waals surface area (Å²) in [4.78, 5) is 13.1. The van der Waals surface area contributed by atoms with E-state index in [0.29, 0.717) is 6.42 Å². The average Bonchev–Trinajstić information content (AvgIpc) is 2.72. The molecule has 1 aliphatic heterocycles.